The minimum Gasteiger partial charge on any atom is -0.379 e. The van der Waals surface area contributed by atoms with Gasteiger partial charge in [-0.3, -0.25) is 14.4 Å². The van der Waals surface area contributed by atoms with Gasteiger partial charge in [-0.1, -0.05) is 17.7 Å². The van der Waals surface area contributed by atoms with Crippen LogP contribution in [0.4, 0.5) is 0 Å². The third-order valence-electron chi connectivity index (χ3n) is 6.83. The van der Waals surface area contributed by atoms with Gasteiger partial charge in [0.1, 0.15) is 0 Å². The topological polar surface area (TPSA) is 96.8 Å². The molecule has 0 saturated carbocycles. The number of morpholine rings is 1. The van der Waals surface area contributed by atoms with Crippen LogP contribution < -0.4 is 5.32 Å². The zero-order chi connectivity index (χ0) is 25.7. The maximum Gasteiger partial charge on any atom is 0.216 e. The number of sulfonamides is 1. The van der Waals surface area contributed by atoms with E-state index in [1.165, 1.54) is 17.5 Å². The molecule has 1 amide bonds. The number of amides is 1. The summed E-state index contributed by atoms with van der Waals surface area (Å²) >= 11 is 6.49. The predicted octanol–water partition coefficient (Wildman–Crippen LogP) is 2.31. The van der Waals surface area contributed by atoms with E-state index in [1.807, 2.05) is 12.1 Å². The molecule has 1 aromatic carbocycles. The van der Waals surface area contributed by atoms with E-state index >= 15 is 0 Å². The number of carbonyl (C=O) groups excluding carboxylic acids is 1. The molecule has 36 heavy (non-hydrogen) atoms. The average Bonchev–Trinajstić information content (AvgIpc) is 3.21. The minimum atomic E-state index is -3.30. The summed E-state index contributed by atoms with van der Waals surface area (Å²) in [5.41, 5.74) is 4.85. The Bertz CT molecular complexity index is 1180. The molecule has 0 atom stereocenters. The number of aromatic nitrogens is 2. The normalized spacial score (nSPS) is 17.2. The first-order valence-corrected chi connectivity index (χ1v) is 14.8. The maximum absolute atomic E-state index is 12.3. The monoisotopic (exact) mass is 537 g/mol. The second-order valence-corrected chi connectivity index (χ2v) is 11.9. The van der Waals surface area contributed by atoms with E-state index in [0.29, 0.717) is 31.1 Å². The van der Waals surface area contributed by atoms with Crippen LogP contribution in [0.3, 0.4) is 0 Å². The largest absolute Gasteiger partial charge is 0.379 e. The lowest BCUT2D eigenvalue weighted by atomic mass is 9.99. The van der Waals surface area contributed by atoms with E-state index in [4.69, 9.17) is 21.4 Å². The van der Waals surface area contributed by atoms with Crippen LogP contribution in [0.2, 0.25) is 5.02 Å². The third-order valence-corrected chi connectivity index (χ3v) is 8.45. The highest BCUT2D eigenvalue weighted by molar-refractivity contribution is 7.88. The van der Waals surface area contributed by atoms with Gasteiger partial charge in [0.05, 0.1) is 25.2 Å². The Morgan fingerprint density at radius 2 is 1.94 bits per heavy atom. The fraction of sp³-hybridized carbons (Fsp3) is 0.600. The molecule has 1 N–H and O–H groups in total. The molecule has 1 fully saturated rings. The summed E-state index contributed by atoms with van der Waals surface area (Å²) in [5.74, 6) is -0.0453. The van der Waals surface area contributed by atoms with Crippen LogP contribution in [0.1, 0.15) is 36.6 Å². The SMILES string of the molecule is CC(=O)NCCCc1cc(-c2nn(CCCN3CCOCC3)c3c2CN(S(C)(=O)=O)CC3)ccc1Cl. The van der Waals surface area contributed by atoms with E-state index in [2.05, 4.69) is 21.0 Å². The molecule has 0 radical (unpaired) electrons. The minimum absolute atomic E-state index is 0.0453. The van der Waals surface area contributed by atoms with Gasteiger partial charge in [-0.25, -0.2) is 8.42 Å². The Morgan fingerprint density at radius 1 is 1.17 bits per heavy atom. The summed E-state index contributed by atoms with van der Waals surface area (Å²) in [5, 5.41) is 8.50. The predicted molar refractivity (Wildman–Crippen MR) is 141 cm³/mol. The third kappa shape index (κ3) is 6.86. The first-order chi connectivity index (χ1) is 17.2. The molecular weight excluding hydrogens is 502 g/mol. The van der Waals surface area contributed by atoms with Gasteiger partial charge in [0.25, 0.3) is 0 Å². The molecule has 2 aromatic rings. The van der Waals surface area contributed by atoms with Crippen molar-refractivity contribution in [3.05, 3.63) is 40.0 Å². The molecule has 0 spiro atoms. The van der Waals surface area contributed by atoms with Gasteiger partial charge < -0.3 is 10.1 Å². The van der Waals surface area contributed by atoms with Crippen LogP contribution in [-0.2, 0) is 45.5 Å². The van der Waals surface area contributed by atoms with Gasteiger partial charge in [-0.15, -0.1) is 0 Å². The van der Waals surface area contributed by atoms with Crippen molar-refractivity contribution in [3.8, 4) is 11.3 Å². The summed E-state index contributed by atoms with van der Waals surface area (Å²) in [4.78, 5) is 13.6. The molecule has 4 rings (SSSR count). The molecule has 0 aliphatic carbocycles. The number of carbonyl (C=O) groups is 1. The van der Waals surface area contributed by atoms with Gasteiger partial charge >= 0.3 is 0 Å². The number of hydrogen-bond donors (Lipinski definition) is 1. The van der Waals surface area contributed by atoms with Crippen LogP contribution in [0.25, 0.3) is 11.3 Å². The van der Waals surface area contributed by atoms with Crippen molar-refractivity contribution in [2.45, 2.75) is 45.7 Å². The Hall–Kier alpha value is -1.98. The number of aryl methyl sites for hydroxylation is 2. The molecule has 1 aromatic heterocycles. The van der Waals surface area contributed by atoms with E-state index in [-0.39, 0.29) is 5.91 Å². The van der Waals surface area contributed by atoms with Crippen LogP contribution in [0.15, 0.2) is 18.2 Å². The number of benzene rings is 1. The zero-order valence-corrected chi connectivity index (χ0v) is 22.7. The highest BCUT2D eigenvalue weighted by Gasteiger charge is 2.30. The molecule has 0 unspecified atom stereocenters. The Balaban J connectivity index is 1.57. The lowest BCUT2D eigenvalue weighted by molar-refractivity contribution is -0.118. The van der Waals surface area contributed by atoms with Crippen molar-refractivity contribution in [1.29, 1.82) is 0 Å². The lowest BCUT2D eigenvalue weighted by Crippen LogP contribution is -2.37. The van der Waals surface area contributed by atoms with Gasteiger partial charge in [0.2, 0.25) is 15.9 Å². The summed E-state index contributed by atoms with van der Waals surface area (Å²) in [7, 11) is -3.30. The molecule has 11 heteroatoms. The number of nitrogens with zero attached hydrogens (tertiary/aromatic N) is 4. The van der Waals surface area contributed by atoms with Gasteiger partial charge in [-0.05, 0) is 37.0 Å². The smallest absolute Gasteiger partial charge is 0.216 e. The average molecular weight is 538 g/mol. The van der Waals surface area contributed by atoms with Crippen molar-refractivity contribution in [2.24, 2.45) is 0 Å². The van der Waals surface area contributed by atoms with Crippen molar-refractivity contribution in [2.75, 3.05) is 52.2 Å². The summed E-state index contributed by atoms with van der Waals surface area (Å²) in [6, 6.07) is 5.89. The number of nitrogens with one attached hydrogen (secondary N) is 1. The zero-order valence-electron chi connectivity index (χ0n) is 21.1. The molecular formula is C25H36ClN5O4S. The molecule has 0 bridgehead atoms. The number of fused-ring (bicyclic) bond motifs is 1. The van der Waals surface area contributed by atoms with Gasteiger partial charge in [-0.2, -0.15) is 9.40 Å². The number of rotatable bonds is 10. The van der Waals surface area contributed by atoms with Crippen LogP contribution in [0, 0.1) is 0 Å². The molecule has 2 aliphatic rings. The molecule has 3 heterocycles. The van der Waals surface area contributed by atoms with Crippen molar-refractivity contribution in [1.82, 2.24) is 24.3 Å². The summed E-state index contributed by atoms with van der Waals surface area (Å²) in [6.07, 6.45) is 4.38. The van der Waals surface area contributed by atoms with Crippen molar-refractivity contribution in [3.63, 3.8) is 0 Å². The van der Waals surface area contributed by atoms with Crippen LogP contribution in [0.5, 0.6) is 0 Å². The Kier molecular flexibility index (Phi) is 9.05. The summed E-state index contributed by atoms with van der Waals surface area (Å²) in [6.45, 7) is 8.16. The van der Waals surface area contributed by atoms with Crippen LogP contribution >= 0.6 is 11.6 Å². The Labute approximate surface area is 218 Å². The first kappa shape index (κ1) is 27.1. The van der Waals surface area contributed by atoms with E-state index in [0.717, 1.165) is 86.7 Å². The number of hydrogen-bond acceptors (Lipinski definition) is 6. The number of halogens is 1. The maximum atomic E-state index is 12.3. The number of ether oxygens (including phenoxy) is 1. The first-order valence-electron chi connectivity index (χ1n) is 12.6. The molecule has 9 nitrogen and oxygen atoms in total. The molecule has 2 aliphatic heterocycles. The highest BCUT2D eigenvalue weighted by Crippen LogP contribution is 2.33. The van der Waals surface area contributed by atoms with Crippen molar-refractivity contribution >= 4 is 27.5 Å². The van der Waals surface area contributed by atoms with E-state index in [9.17, 15) is 13.2 Å². The van der Waals surface area contributed by atoms with E-state index < -0.39 is 10.0 Å². The van der Waals surface area contributed by atoms with Gasteiger partial charge in [0, 0.05) is 81.0 Å². The van der Waals surface area contributed by atoms with Crippen molar-refractivity contribution < 1.29 is 17.9 Å². The Morgan fingerprint density at radius 3 is 2.67 bits per heavy atom. The lowest BCUT2D eigenvalue weighted by Gasteiger charge is -2.27. The molecule has 1 saturated heterocycles. The summed E-state index contributed by atoms with van der Waals surface area (Å²) < 4.78 is 33.7. The standard InChI is InChI=1S/C25H36ClN5O4S/c1-19(32)27-9-3-5-20-17-21(6-7-23(20)26)25-22-18-30(36(2,33)34)12-8-24(22)31(28-25)11-4-10-29-13-15-35-16-14-29/h6-7,17H,3-5,8-16,18H2,1-2H3,(H,27,32). The van der Waals surface area contributed by atoms with Crippen LogP contribution in [-0.4, -0.2) is 85.5 Å². The highest BCUT2D eigenvalue weighted by atomic mass is 35.5. The fourth-order valence-electron chi connectivity index (χ4n) is 4.89. The molecule has 198 valence electrons. The second kappa shape index (κ2) is 12.0. The van der Waals surface area contributed by atoms with Gasteiger partial charge in [0.15, 0.2) is 0 Å². The second-order valence-electron chi connectivity index (χ2n) is 9.54. The fourth-order valence-corrected chi connectivity index (χ4v) is 5.89. The quantitative estimate of drug-likeness (QED) is 0.467. The van der Waals surface area contributed by atoms with E-state index in [1.54, 1.807) is 0 Å².